The Hall–Kier alpha value is -2.56. The minimum Gasteiger partial charge on any atom is -0.480 e. The highest BCUT2D eigenvalue weighted by Crippen LogP contribution is 2.43. The van der Waals surface area contributed by atoms with Crippen LogP contribution in [0.1, 0.15) is 57.8 Å². The number of carboxylic acid groups (broad SMARTS) is 1. The van der Waals surface area contributed by atoms with E-state index in [4.69, 9.17) is 0 Å². The number of hydrogen-bond acceptors (Lipinski definition) is 3. The summed E-state index contributed by atoms with van der Waals surface area (Å²) in [4.78, 5) is 27.7. The lowest BCUT2D eigenvalue weighted by Gasteiger charge is -2.32. The Morgan fingerprint density at radius 2 is 1.75 bits per heavy atom. The lowest BCUT2D eigenvalue weighted by molar-refractivity contribution is -0.150. The number of likely N-dealkylation sites (tertiary alicyclic amines) is 1. The van der Waals surface area contributed by atoms with Gasteiger partial charge in [-0.1, -0.05) is 68.9 Å². The molecule has 0 aromatic heterocycles. The van der Waals surface area contributed by atoms with Gasteiger partial charge in [-0.15, -0.1) is 0 Å². The highest BCUT2D eigenvalue weighted by molar-refractivity contribution is 5.91. The molecule has 2 aliphatic carbocycles. The van der Waals surface area contributed by atoms with Crippen LogP contribution in [0.3, 0.4) is 0 Å². The molecule has 3 aliphatic rings. The standard InChI is InChI=1S/C27H34N2O3/c30-26(29-17-21-11-6-12-23(21)25(29)27(31)32)24(15-18-7-2-1-3-8-18)28-22-14-13-19-9-4-5-10-20(19)16-22/h4-5,9-10,13-14,16,18,21,23-25,28H,1-3,6-8,11-12,15,17H2,(H,31,32)/t21?,23-,24+,25?/m0/s1. The molecule has 0 spiro atoms. The van der Waals surface area contributed by atoms with E-state index in [9.17, 15) is 14.7 Å². The summed E-state index contributed by atoms with van der Waals surface area (Å²) in [7, 11) is 0. The Bertz CT molecular complexity index is 984. The van der Waals surface area contributed by atoms with Gasteiger partial charge in [0.2, 0.25) is 5.91 Å². The van der Waals surface area contributed by atoms with Crippen LogP contribution in [0.15, 0.2) is 42.5 Å². The Morgan fingerprint density at radius 3 is 2.53 bits per heavy atom. The van der Waals surface area contributed by atoms with Crippen molar-refractivity contribution in [3.05, 3.63) is 42.5 Å². The number of anilines is 1. The Morgan fingerprint density at radius 1 is 0.969 bits per heavy atom. The number of benzene rings is 2. The molecule has 2 aromatic carbocycles. The molecular formula is C27H34N2O3. The van der Waals surface area contributed by atoms with E-state index >= 15 is 0 Å². The van der Waals surface area contributed by atoms with Gasteiger partial charge < -0.3 is 15.3 Å². The molecule has 2 aromatic rings. The van der Waals surface area contributed by atoms with Gasteiger partial charge >= 0.3 is 5.97 Å². The third-order valence-electron chi connectivity index (χ3n) is 8.11. The maximum Gasteiger partial charge on any atom is 0.326 e. The van der Waals surface area contributed by atoms with Crippen LogP contribution in [0.4, 0.5) is 5.69 Å². The SMILES string of the molecule is O=C(O)C1[C@H]2CCCC2CN1C(=O)[C@@H](CC1CCCCC1)Nc1ccc2ccccc2c1. The molecule has 5 rings (SSSR count). The van der Waals surface area contributed by atoms with E-state index in [2.05, 4.69) is 29.6 Å². The normalized spacial score (nSPS) is 26.8. The van der Waals surface area contributed by atoms with Gasteiger partial charge in [0.05, 0.1) is 0 Å². The number of nitrogens with one attached hydrogen (secondary N) is 1. The summed E-state index contributed by atoms with van der Waals surface area (Å²) < 4.78 is 0. The first kappa shape index (κ1) is 21.3. The quantitative estimate of drug-likeness (QED) is 0.647. The Labute approximate surface area is 190 Å². The van der Waals surface area contributed by atoms with Gasteiger partial charge in [0.1, 0.15) is 12.1 Å². The van der Waals surface area contributed by atoms with Crippen LogP contribution in [-0.2, 0) is 9.59 Å². The summed E-state index contributed by atoms with van der Waals surface area (Å²) in [6.45, 7) is 0.598. The van der Waals surface area contributed by atoms with Crippen molar-refractivity contribution in [2.45, 2.75) is 69.9 Å². The number of carbonyl (C=O) groups excluding carboxylic acids is 1. The van der Waals surface area contributed by atoms with Crippen LogP contribution < -0.4 is 5.32 Å². The smallest absolute Gasteiger partial charge is 0.326 e. The predicted octanol–water partition coefficient (Wildman–Crippen LogP) is 5.30. The summed E-state index contributed by atoms with van der Waals surface area (Å²) in [5.41, 5.74) is 0.934. The zero-order valence-electron chi connectivity index (χ0n) is 18.7. The summed E-state index contributed by atoms with van der Waals surface area (Å²) in [6.07, 6.45) is 9.91. The first-order valence-electron chi connectivity index (χ1n) is 12.4. The number of aliphatic carboxylic acids is 1. The molecule has 2 saturated carbocycles. The van der Waals surface area contributed by atoms with Crippen molar-refractivity contribution in [3.63, 3.8) is 0 Å². The van der Waals surface area contributed by atoms with E-state index < -0.39 is 12.0 Å². The van der Waals surface area contributed by atoms with Crippen molar-refractivity contribution in [3.8, 4) is 0 Å². The van der Waals surface area contributed by atoms with Crippen LogP contribution in [0.2, 0.25) is 0 Å². The molecule has 5 nitrogen and oxygen atoms in total. The Balaban J connectivity index is 1.40. The van der Waals surface area contributed by atoms with Crippen LogP contribution in [0, 0.1) is 17.8 Å². The van der Waals surface area contributed by atoms with E-state index in [1.165, 1.54) is 24.6 Å². The van der Waals surface area contributed by atoms with Crippen LogP contribution in [-0.4, -0.2) is 40.5 Å². The molecule has 1 amide bonds. The zero-order valence-corrected chi connectivity index (χ0v) is 18.7. The molecule has 3 fully saturated rings. The van der Waals surface area contributed by atoms with Crippen molar-refractivity contribution >= 4 is 28.3 Å². The highest BCUT2D eigenvalue weighted by atomic mass is 16.4. The highest BCUT2D eigenvalue weighted by Gasteiger charge is 2.50. The second kappa shape index (κ2) is 9.13. The van der Waals surface area contributed by atoms with E-state index in [0.29, 0.717) is 18.4 Å². The predicted molar refractivity (Wildman–Crippen MR) is 127 cm³/mol. The summed E-state index contributed by atoms with van der Waals surface area (Å²) >= 11 is 0. The molecule has 4 atom stereocenters. The van der Waals surface area contributed by atoms with E-state index in [0.717, 1.165) is 49.6 Å². The van der Waals surface area contributed by atoms with Gasteiger partial charge in [-0.25, -0.2) is 4.79 Å². The first-order chi connectivity index (χ1) is 15.6. The van der Waals surface area contributed by atoms with Gasteiger partial charge in [-0.2, -0.15) is 0 Å². The second-order valence-corrected chi connectivity index (χ2v) is 10.1. The summed E-state index contributed by atoms with van der Waals surface area (Å²) in [6, 6.07) is 13.4. The minimum absolute atomic E-state index is 0.0227. The molecule has 1 saturated heterocycles. The number of hydrogen-bond donors (Lipinski definition) is 2. The number of carbonyl (C=O) groups is 2. The van der Waals surface area contributed by atoms with Crippen molar-refractivity contribution < 1.29 is 14.7 Å². The van der Waals surface area contributed by atoms with Gasteiger partial charge in [0, 0.05) is 12.2 Å². The molecule has 170 valence electrons. The fraction of sp³-hybridized carbons (Fsp3) is 0.556. The maximum absolute atomic E-state index is 13.8. The molecule has 2 unspecified atom stereocenters. The topological polar surface area (TPSA) is 69.6 Å². The lowest BCUT2D eigenvalue weighted by atomic mass is 9.84. The molecule has 5 heteroatoms. The van der Waals surface area contributed by atoms with Crippen LogP contribution >= 0.6 is 0 Å². The lowest BCUT2D eigenvalue weighted by Crippen LogP contribution is -2.50. The number of amides is 1. The number of rotatable bonds is 6. The average Bonchev–Trinajstić information content (AvgIpc) is 3.40. The van der Waals surface area contributed by atoms with Gasteiger partial charge in [-0.3, -0.25) is 4.79 Å². The van der Waals surface area contributed by atoms with Crippen molar-refractivity contribution in [2.24, 2.45) is 17.8 Å². The van der Waals surface area contributed by atoms with E-state index in [1.807, 2.05) is 18.2 Å². The van der Waals surface area contributed by atoms with Crippen LogP contribution in [0.25, 0.3) is 10.8 Å². The third kappa shape index (κ3) is 4.22. The summed E-state index contributed by atoms with van der Waals surface area (Å²) in [5, 5.41) is 15.8. The first-order valence-corrected chi connectivity index (χ1v) is 12.4. The zero-order chi connectivity index (χ0) is 22.1. The van der Waals surface area contributed by atoms with E-state index in [1.54, 1.807) is 4.90 Å². The Kier molecular flexibility index (Phi) is 6.07. The largest absolute Gasteiger partial charge is 0.480 e. The van der Waals surface area contributed by atoms with Crippen molar-refractivity contribution in [1.82, 2.24) is 4.90 Å². The fourth-order valence-corrected chi connectivity index (χ4v) is 6.51. The molecule has 0 radical (unpaired) electrons. The van der Waals surface area contributed by atoms with Crippen LogP contribution in [0.5, 0.6) is 0 Å². The average molecular weight is 435 g/mol. The third-order valence-corrected chi connectivity index (χ3v) is 8.11. The molecule has 1 aliphatic heterocycles. The molecule has 32 heavy (non-hydrogen) atoms. The molecule has 2 N–H and O–H groups in total. The number of nitrogens with zero attached hydrogens (tertiary/aromatic N) is 1. The minimum atomic E-state index is -0.838. The van der Waals surface area contributed by atoms with Crippen molar-refractivity contribution in [1.29, 1.82) is 0 Å². The second-order valence-electron chi connectivity index (χ2n) is 10.1. The fourth-order valence-electron chi connectivity index (χ4n) is 6.51. The maximum atomic E-state index is 13.8. The van der Waals surface area contributed by atoms with Gasteiger partial charge in [0.15, 0.2) is 0 Å². The van der Waals surface area contributed by atoms with Gasteiger partial charge in [0.25, 0.3) is 0 Å². The molecule has 0 bridgehead atoms. The van der Waals surface area contributed by atoms with E-state index in [-0.39, 0.29) is 17.9 Å². The van der Waals surface area contributed by atoms with Gasteiger partial charge in [-0.05, 0) is 59.9 Å². The molecule has 1 heterocycles. The monoisotopic (exact) mass is 434 g/mol. The summed E-state index contributed by atoms with van der Waals surface area (Å²) in [5.74, 6) is 0.125. The molecular weight excluding hydrogens is 400 g/mol. The number of carboxylic acids is 1. The number of fused-ring (bicyclic) bond motifs is 2. The van der Waals surface area contributed by atoms with Crippen molar-refractivity contribution in [2.75, 3.05) is 11.9 Å².